The molecule has 0 fully saturated rings. The summed E-state index contributed by atoms with van der Waals surface area (Å²) in [6.07, 6.45) is -3.21. The molecule has 118 valence electrons. The molecule has 0 saturated heterocycles. The van der Waals surface area contributed by atoms with Crippen LogP contribution in [-0.2, 0) is 9.84 Å². The second-order valence-corrected chi connectivity index (χ2v) is 7.45. The molecule has 0 aliphatic heterocycles. The van der Waals surface area contributed by atoms with E-state index in [1.54, 1.807) is 0 Å². The Morgan fingerprint density at radius 2 is 1.81 bits per heavy atom. The number of alkyl halides is 3. The number of hydrogen-bond donors (Lipinski definition) is 1. The highest BCUT2D eigenvalue weighted by atomic mass is 35.5. The molecule has 0 amide bonds. The van der Waals surface area contributed by atoms with Crippen LogP contribution >= 0.6 is 23.2 Å². The highest BCUT2D eigenvalue weighted by Crippen LogP contribution is 2.33. The van der Waals surface area contributed by atoms with E-state index < -0.39 is 27.4 Å². The Hall–Kier alpha value is -0.760. The lowest BCUT2D eigenvalue weighted by atomic mass is 10.0. The van der Waals surface area contributed by atoms with Crippen LogP contribution in [0.2, 0.25) is 10.0 Å². The lowest BCUT2D eigenvalue weighted by molar-refractivity contribution is -0.230. The Kier molecular flexibility index (Phi) is 5.36. The minimum absolute atomic E-state index is 0.123. The number of sulfone groups is 1. The number of benzene rings is 1. The monoisotopic (exact) mass is 362 g/mol. The summed E-state index contributed by atoms with van der Waals surface area (Å²) in [5.74, 6) is -1.47. The first kappa shape index (κ1) is 18.3. The molecule has 0 aliphatic carbocycles. The molecular formula is C12H11Cl2F3O3S. The van der Waals surface area contributed by atoms with Gasteiger partial charge in [0.05, 0.1) is 15.8 Å². The van der Waals surface area contributed by atoms with Crippen LogP contribution in [0.5, 0.6) is 0 Å². The normalized spacial score (nSPS) is 16.1. The highest BCUT2D eigenvalue weighted by molar-refractivity contribution is 7.90. The third kappa shape index (κ3) is 5.18. The van der Waals surface area contributed by atoms with Crippen LogP contribution in [0.15, 0.2) is 24.3 Å². The van der Waals surface area contributed by atoms with E-state index in [-0.39, 0.29) is 15.6 Å². The molecule has 0 radical (unpaired) electrons. The Bertz CT molecular complexity index is 656. The number of hydrogen-bond acceptors (Lipinski definition) is 3. The van der Waals surface area contributed by atoms with Gasteiger partial charge in [0.1, 0.15) is 0 Å². The van der Waals surface area contributed by atoms with Crippen molar-refractivity contribution in [2.24, 2.45) is 0 Å². The predicted octanol–water partition coefficient (Wildman–Crippen LogP) is 3.34. The molecule has 9 heteroatoms. The van der Waals surface area contributed by atoms with E-state index in [1.807, 2.05) is 0 Å². The maximum atomic E-state index is 12.9. The zero-order valence-electron chi connectivity index (χ0n) is 10.7. The van der Waals surface area contributed by atoms with Crippen molar-refractivity contribution in [1.82, 2.24) is 0 Å². The zero-order chi connectivity index (χ0) is 16.5. The molecule has 1 rings (SSSR count). The van der Waals surface area contributed by atoms with Crippen LogP contribution in [0, 0.1) is 0 Å². The van der Waals surface area contributed by atoms with E-state index in [0.29, 0.717) is 12.3 Å². The van der Waals surface area contributed by atoms with Crippen LogP contribution in [0.25, 0.3) is 6.08 Å². The first-order chi connectivity index (χ1) is 9.34. The molecule has 1 aromatic carbocycles. The summed E-state index contributed by atoms with van der Waals surface area (Å²) >= 11 is 11.4. The molecule has 0 aromatic heterocycles. The van der Waals surface area contributed by atoms with Crippen LogP contribution < -0.4 is 0 Å². The van der Waals surface area contributed by atoms with E-state index in [2.05, 4.69) is 0 Å². The second-order valence-electron chi connectivity index (χ2n) is 4.50. The van der Waals surface area contributed by atoms with Gasteiger partial charge >= 0.3 is 6.18 Å². The summed E-state index contributed by atoms with van der Waals surface area (Å²) in [4.78, 5) is 0. The average Bonchev–Trinajstić information content (AvgIpc) is 2.27. The summed E-state index contributed by atoms with van der Waals surface area (Å²) in [5.41, 5.74) is -3.24. The fourth-order valence-electron chi connectivity index (χ4n) is 1.47. The van der Waals surface area contributed by atoms with Gasteiger partial charge in [0.25, 0.3) is 0 Å². The van der Waals surface area contributed by atoms with Gasteiger partial charge in [-0.05, 0) is 23.8 Å². The first-order valence-corrected chi connectivity index (χ1v) is 8.27. The first-order valence-electron chi connectivity index (χ1n) is 5.45. The van der Waals surface area contributed by atoms with Crippen LogP contribution in [0.1, 0.15) is 5.56 Å². The second kappa shape index (κ2) is 6.16. The topological polar surface area (TPSA) is 54.4 Å². The van der Waals surface area contributed by atoms with Gasteiger partial charge in [-0.25, -0.2) is 8.42 Å². The average molecular weight is 363 g/mol. The molecule has 3 nitrogen and oxygen atoms in total. The molecule has 1 unspecified atom stereocenters. The molecule has 0 spiro atoms. The van der Waals surface area contributed by atoms with E-state index in [1.165, 1.54) is 18.2 Å². The molecule has 0 bridgehead atoms. The summed E-state index contributed by atoms with van der Waals surface area (Å²) < 4.78 is 60.7. The van der Waals surface area contributed by atoms with Crippen molar-refractivity contribution in [2.45, 2.75) is 11.8 Å². The van der Waals surface area contributed by atoms with Crippen molar-refractivity contribution in [2.75, 3.05) is 12.0 Å². The summed E-state index contributed by atoms with van der Waals surface area (Å²) in [7, 11) is -4.05. The largest absolute Gasteiger partial charge is 0.421 e. The van der Waals surface area contributed by atoms with Crippen molar-refractivity contribution >= 4 is 39.1 Å². The van der Waals surface area contributed by atoms with Gasteiger partial charge in [0, 0.05) is 6.26 Å². The van der Waals surface area contributed by atoms with Gasteiger partial charge < -0.3 is 5.11 Å². The minimum atomic E-state index is -5.14. The number of aliphatic hydroxyl groups is 1. The Morgan fingerprint density at radius 1 is 1.24 bits per heavy atom. The third-order valence-corrected chi connectivity index (χ3v) is 4.17. The SMILES string of the molecule is CS(=O)(=O)CC(O)(C=Cc1ccc(Cl)c(Cl)c1)C(F)(F)F. The molecule has 0 aliphatic rings. The Balaban J connectivity index is 3.17. The molecule has 1 atom stereocenters. The number of halogens is 5. The van der Waals surface area contributed by atoms with E-state index in [9.17, 15) is 26.7 Å². The Labute approximate surface area is 129 Å². The van der Waals surface area contributed by atoms with E-state index >= 15 is 0 Å². The van der Waals surface area contributed by atoms with Crippen LogP contribution in [0.4, 0.5) is 13.2 Å². The molecule has 1 N–H and O–H groups in total. The standard InChI is InChI=1S/C12H11Cl2F3O3S/c1-21(19,20)7-11(18,12(15,16)17)5-4-8-2-3-9(13)10(14)6-8/h2-6,18H,7H2,1H3. The van der Waals surface area contributed by atoms with E-state index in [0.717, 1.165) is 6.08 Å². The van der Waals surface area contributed by atoms with Crippen molar-refractivity contribution in [3.63, 3.8) is 0 Å². The minimum Gasteiger partial charge on any atom is -0.376 e. The quantitative estimate of drug-likeness (QED) is 0.893. The molecule has 21 heavy (non-hydrogen) atoms. The van der Waals surface area contributed by atoms with Gasteiger partial charge in [0.15, 0.2) is 15.4 Å². The van der Waals surface area contributed by atoms with Gasteiger partial charge in [0.2, 0.25) is 0 Å². The lowest BCUT2D eigenvalue weighted by Gasteiger charge is -2.26. The van der Waals surface area contributed by atoms with Crippen molar-refractivity contribution in [1.29, 1.82) is 0 Å². The maximum Gasteiger partial charge on any atom is 0.421 e. The molecule has 1 aromatic rings. The fraction of sp³-hybridized carbons (Fsp3) is 0.333. The lowest BCUT2D eigenvalue weighted by Crippen LogP contribution is -2.48. The summed E-state index contributed by atoms with van der Waals surface area (Å²) in [5, 5.41) is 9.96. The summed E-state index contributed by atoms with van der Waals surface area (Å²) in [6.45, 7) is 0. The van der Waals surface area contributed by atoms with Gasteiger partial charge in [-0.3, -0.25) is 0 Å². The van der Waals surface area contributed by atoms with Gasteiger partial charge in [-0.2, -0.15) is 13.2 Å². The maximum absolute atomic E-state index is 12.9. The zero-order valence-corrected chi connectivity index (χ0v) is 13.0. The fourth-order valence-corrected chi connectivity index (χ4v) is 2.84. The molecular weight excluding hydrogens is 352 g/mol. The van der Waals surface area contributed by atoms with Gasteiger partial charge in [-0.15, -0.1) is 0 Å². The van der Waals surface area contributed by atoms with Crippen LogP contribution in [-0.4, -0.2) is 37.3 Å². The third-order valence-electron chi connectivity index (χ3n) is 2.47. The van der Waals surface area contributed by atoms with Crippen molar-refractivity contribution in [3.05, 3.63) is 39.9 Å². The highest BCUT2D eigenvalue weighted by Gasteiger charge is 2.53. The van der Waals surface area contributed by atoms with Crippen molar-refractivity contribution in [3.8, 4) is 0 Å². The van der Waals surface area contributed by atoms with Crippen molar-refractivity contribution < 1.29 is 26.7 Å². The van der Waals surface area contributed by atoms with E-state index in [4.69, 9.17) is 23.2 Å². The predicted molar refractivity (Wildman–Crippen MR) is 76.2 cm³/mol. The molecule has 0 heterocycles. The van der Waals surface area contributed by atoms with Gasteiger partial charge in [-0.1, -0.05) is 35.3 Å². The van der Waals surface area contributed by atoms with Crippen LogP contribution in [0.3, 0.4) is 0 Å². The summed E-state index contributed by atoms with van der Waals surface area (Å²) in [6, 6.07) is 4.03. The number of rotatable bonds is 4. The molecule has 0 saturated carbocycles. The Morgan fingerprint density at radius 3 is 2.24 bits per heavy atom. The smallest absolute Gasteiger partial charge is 0.376 e.